The number of carbonyl (C=O) groups excluding carboxylic acids is 1. The van der Waals surface area contributed by atoms with Gasteiger partial charge in [0, 0.05) is 6.42 Å². The average molecular weight is 339 g/mol. The number of hydrogen-bond donors (Lipinski definition) is 0. The third kappa shape index (κ3) is 4.02. The highest BCUT2D eigenvalue weighted by molar-refractivity contribution is 6.74. The van der Waals surface area contributed by atoms with E-state index in [0.29, 0.717) is 19.6 Å². The van der Waals surface area contributed by atoms with Crippen molar-refractivity contribution >= 4 is 14.1 Å². The van der Waals surface area contributed by atoms with Gasteiger partial charge in [-0.15, -0.1) is 6.58 Å². The van der Waals surface area contributed by atoms with Crippen LogP contribution in [0.4, 0.5) is 0 Å². The second kappa shape index (κ2) is 6.28. The van der Waals surface area contributed by atoms with Gasteiger partial charge in [-0.05, 0) is 30.6 Å². The zero-order valence-electron chi connectivity index (χ0n) is 15.1. The third-order valence-electron chi connectivity index (χ3n) is 5.17. The van der Waals surface area contributed by atoms with Crippen molar-refractivity contribution in [1.82, 2.24) is 0 Å². The lowest BCUT2D eigenvalue weighted by molar-refractivity contribution is -0.272. The summed E-state index contributed by atoms with van der Waals surface area (Å²) < 4.78 is 18.4. The van der Waals surface area contributed by atoms with Crippen molar-refractivity contribution in [2.45, 2.75) is 69.6 Å². The van der Waals surface area contributed by atoms with E-state index in [0.717, 1.165) is 6.42 Å². The molecule has 2 aliphatic heterocycles. The smallest absolute Gasteiger partial charge is 0.195 e. The lowest BCUT2D eigenvalue weighted by Crippen LogP contribution is -2.56. The summed E-state index contributed by atoms with van der Waals surface area (Å²) in [5.74, 6) is -0.819. The number of hydrogen-bond acceptors (Lipinski definition) is 4. The van der Waals surface area contributed by atoms with E-state index >= 15 is 0 Å². The van der Waals surface area contributed by atoms with Crippen molar-refractivity contribution in [2.24, 2.45) is 0 Å². The van der Waals surface area contributed by atoms with Gasteiger partial charge in [0.2, 0.25) is 0 Å². The van der Waals surface area contributed by atoms with Crippen molar-refractivity contribution in [3.63, 3.8) is 0 Å². The van der Waals surface area contributed by atoms with E-state index in [4.69, 9.17) is 13.9 Å². The Morgan fingerprint density at radius 1 is 1.39 bits per heavy atom. The molecule has 2 heterocycles. The van der Waals surface area contributed by atoms with Gasteiger partial charge >= 0.3 is 0 Å². The van der Waals surface area contributed by atoms with Crippen LogP contribution in [0.5, 0.6) is 0 Å². The van der Waals surface area contributed by atoms with Gasteiger partial charge in [0.1, 0.15) is 11.4 Å². The summed E-state index contributed by atoms with van der Waals surface area (Å²) in [6.45, 7) is 15.8. The Labute approximate surface area is 141 Å². The second-order valence-corrected chi connectivity index (χ2v) is 13.0. The van der Waals surface area contributed by atoms with Crippen LogP contribution in [0, 0.1) is 0 Å². The number of carbonyl (C=O) groups is 1. The van der Waals surface area contributed by atoms with Crippen molar-refractivity contribution < 1.29 is 18.7 Å². The van der Waals surface area contributed by atoms with Crippen molar-refractivity contribution in [3.8, 4) is 0 Å². The highest BCUT2D eigenvalue weighted by atomic mass is 28.4. The summed E-state index contributed by atoms with van der Waals surface area (Å²) >= 11 is 0. The van der Waals surface area contributed by atoms with Crippen LogP contribution >= 0.6 is 0 Å². The summed E-state index contributed by atoms with van der Waals surface area (Å²) in [7, 11) is -1.93. The van der Waals surface area contributed by atoms with Crippen LogP contribution in [0.3, 0.4) is 0 Å². The largest absolute Gasteiger partial charge is 0.414 e. The van der Waals surface area contributed by atoms with E-state index in [1.54, 1.807) is 6.08 Å². The molecule has 23 heavy (non-hydrogen) atoms. The molecule has 130 valence electrons. The highest BCUT2D eigenvalue weighted by Crippen LogP contribution is 2.41. The van der Waals surface area contributed by atoms with Crippen LogP contribution in [-0.4, -0.2) is 38.7 Å². The maximum Gasteiger partial charge on any atom is 0.195 e. The van der Waals surface area contributed by atoms with E-state index in [-0.39, 0.29) is 17.2 Å². The highest BCUT2D eigenvalue weighted by Gasteiger charge is 2.49. The van der Waals surface area contributed by atoms with E-state index in [1.807, 2.05) is 12.2 Å². The second-order valence-electron chi connectivity index (χ2n) is 8.16. The fourth-order valence-corrected chi connectivity index (χ4v) is 3.68. The molecular weight excluding hydrogens is 308 g/mol. The zero-order valence-corrected chi connectivity index (χ0v) is 16.1. The zero-order chi connectivity index (χ0) is 17.4. The SMILES string of the molecule is C=C[C@]1(CO[Si](C)(C)C(C)(C)C)CC(=O)C[C@]2(C=CCCO2)O1. The minimum Gasteiger partial charge on any atom is -0.414 e. The van der Waals surface area contributed by atoms with Crippen molar-refractivity contribution in [2.75, 3.05) is 13.2 Å². The van der Waals surface area contributed by atoms with Crippen LogP contribution in [-0.2, 0) is 18.7 Å². The molecule has 5 heteroatoms. The van der Waals surface area contributed by atoms with E-state index in [2.05, 4.69) is 40.4 Å². The maximum atomic E-state index is 12.3. The molecule has 0 aromatic carbocycles. The number of Topliss-reactive ketones (excluding diaryl/α,β-unsaturated/α-hetero) is 1. The van der Waals surface area contributed by atoms with Crippen molar-refractivity contribution in [1.29, 1.82) is 0 Å². The van der Waals surface area contributed by atoms with Crippen LogP contribution in [0.15, 0.2) is 24.8 Å². The van der Waals surface area contributed by atoms with E-state index in [9.17, 15) is 4.79 Å². The first-order chi connectivity index (χ1) is 10.5. The first kappa shape index (κ1) is 18.6. The number of ether oxygens (including phenoxy) is 2. The van der Waals surface area contributed by atoms with Crippen LogP contribution in [0.2, 0.25) is 18.1 Å². The quantitative estimate of drug-likeness (QED) is 0.574. The molecule has 1 fully saturated rings. The first-order valence-electron chi connectivity index (χ1n) is 8.34. The van der Waals surface area contributed by atoms with E-state index in [1.165, 1.54) is 0 Å². The van der Waals surface area contributed by atoms with Gasteiger partial charge in [-0.3, -0.25) is 4.79 Å². The van der Waals surface area contributed by atoms with Gasteiger partial charge in [-0.1, -0.05) is 32.9 Å². The van der Waals surface area contributed by atoms with E-state index < -0.39 is 19.7 Å². The molecule has 0 saturated carbocycles. The van der Waals surface area contributed by atoms with Gasteiger partial charge in [0.25, 0.3) is 0 Å². The minimum atomic E-state index is -1.93. The predicted octanol–water partition coefficient (Wildman–Crippen LogP) is 3.99. The fraction of sp³-hybridized carbons (Fsp3) is 0.722. The lowest BCUT2D eigenvalue weighted by Gasteiger charge is -2.47. The molecule has 0 amide bonds. The average Bonchev–Trinajstić information content (AvgIpc) is 2.44. The Balaban J connectivity index is 2.19. The molecular formula is C18H30O4Si. The molecule has 0 aromatic rings. The lowest BCUT2D eigenvalue weighted by atomic mass is 9.89. The fourth-order valence-electron chi connectivity index (χ4n) is 2.64. The monoisotopic (exact) mass is 338 g/mol. The van der Waals surface area contributed by atoms with Gasteiger partial charge in [-0.2, -0.15) is 0 Å². The molecule has 4 nitrogen and oxygen atoms in total. The Kier molecular flexibility index (Phi) is 5.07. The number of ketones is 1. The molecule has 2 rings (SSSR count). The van der Waals surface area contributed by atoms with Gasteiger partial charge in [0.15, 0.2) is 14.1 Å². The van der Waals surface area contributed by atoms with Crippen LogP contribution in [0.25, 0.3) is 0 Å². The minimum absolute atomic E-state index is 0.104. The Morgan fingerprint density at radius 2 is 2.09 bits per heavy atom. The van der Waals surface area contributed by atoms with Crippen LogP contribution < -0.4 is 0 Å². The molecule has 2 aliphatic rings. The molecule has 0 bridgehead atoms. The molecule has 0 aliphatic carbocycles. The molecule has 1 spiro atoms. The molecule has 0 radical (unpaired) electrons. The summed E-state index contributed by atoms with van der Waals surface area (Å²) in [6.07, 6.45) is 7.01. The first-order valence-corrected chi connectivity index (χ1v) is 11.3. The molecule has 0 aromatic heterocycles. The topological polar surface area (TPSA) is 44.8 Å². The molecule has 1 saturated heterocycles. The third-order valence-corrected chi connectivity index (χ3v) is 9.65. The summed E-state index contributed by atoms with van der Waals surface area (Å²) in [4.78, 5) is 12.3. The summed E-state index contributed by atoms with van der Waals surface area (Å²) in [5.41, 5.74) is -0.813. The van der Waals surface area contributed by atoms with Gasteiger partial charge in [0.05, 0.1) is 19.6 Å². The normalized spacial score (nSPS) is 32.3. The van der Waals surface area contributed by atoms with Gasteiger partial charge < -0.3 is 13.9 Å². The summed E-state index contributed by atoms with van der Waals surface area (Å²) in [5, 5.41) is 0.104. The molecule has 2 atom stereocenters. The maximum absolute atomic E-state index is 12.3. The summed E-state index contributed by atoms with van der Waals surface area (Å²) in [6, 6.07) is 0. The number of rotatable bonds is 4. The standard InChI is InChI=1S/C18H30O4Si/c1-7-17(14-21-23(5,6)16(2,3)4)12-15(19)13-18(22-17)10-8-9-11-20-18/h7-8,10H,1,9,11-14H2,2-6H3/t17-,18+/m1/s1. The van der Waals surface area contributed by atoms with Gasteiger partial charge in [-0.25, -0.2) is 0 Å². The van der Waals surface area contributed by atoms with Crippen LogP contribution in [0.1, 0.15) is 40.0 Å². The predicted molar refractivity (Wildman–Crippen MR) is 93.8 cm³/mol. The van der Waals surface area contributed by atoms with Crippen molar-refractivity contribution in [3.05, 3.63) is 24.8 Å². The Morgan fingerprint density at radius 3 is 2.61 bits per heavy atom. The Bertz CT molecular complexity index is 506. The molecule has 0 unspecified atom stereocenters. The Hall–Kier alpha value is -0.753. The molecule has 0 N–H and O–H groups in total.